The summed E-state index contributed by atoms with van der Waals surface area (Å²) in [5.74, 6) is -1.58. The van der Waals surface area contributed by atoms with Crippen LogP contribution in [-0.2, 0) is 11.2 Å². The Morgan fingerprint density at radius 3 is 2.48 bits per heavy atom. The van der Waals surface area contributed by atoms with Crippen molar-refractivity contribution in [1.82, 2.24) is 9.88 Å². The molecule has 0 saturated heterocycles. The van der Waals surface area contributed by atoms with E-state index in [1.807, 2.05) is 12.1 Å². The van der Waals surface area contributed by atoms with Gasteiger partial charge in [-0.15, -0.1) is 0 Å². The number of carboxylic acids is 1. The molecule has 1 aromatic carbocycles. The second kappa shape index (κ2) is 6.20. The zero-order valence-electron chi connectivity index (χ0n) is 14.4. The summed E-state index contributed by atoms with van der Waals surface area (Å²) in [5, 5.41) is 9.71. The van der Waals surface area contributed by atoms with Crippen LogP contribution in [0.1, 0.15) is 56.2 Å². The first-order valence-corrected chi connectivity index (χ1v) is 8.14. The summed E-state index contributed by atoms with van der Waals surface area (Å²) in [5.41, 5.74) is 3.56. The summed E-state index contributed by atoms with van der Waals surface area (Å²) in [6.45, 7) is 5.22. The normalized spacial score (nSPS) is 16.4. The molecule has 1 amide bonds. The third-order valence-electron chi connectivity index (χ3n) is 4.78. The Hall–Kier alpha value is -2.89. The molecule has 6 nitrogen and oxygen atoms in total. The van der Waals surface area contributed by atoms with Crippen molar-refractivity contribution in [3.05, 3.63) is 57.9 Å². The third kappa shape index (κ3) is 2.73. The second-order valence-electron chi connectivity index (χ2n) is 6.37. The lowest BCUT2D eigenvalue weighted by molar-refractivity contribution is -0.143. The minimum Gasteiger partial charge on any atom is -0.479 e. The van der Waals surface area contributed by atoms with Crippen molar-refractivity contribution in [2.24, 2.45) is 0 Å². The van der Waals surface area contributed by atoms with Crippen LogP contribution in [0.15, 0.2) is 24.3 Å². The number of H-pyrrole nitrogens is 1. The van der Waals surface area contributed by atoms with E-state index >= 15 is 0 Å². The summed E-state index contributed by atoms with van der Waals surface area (Å²) in [4.78, 5) is 41.1. The Morgan fingerprint density at radius 2 is 1.88 bits per heavy atom. The average molecular weight is 340 g/mol. The van der Waals surface area contributed by atoms with Gasteiger partial charge in [0.2, 0.25) is 0 Å². The number of nitrogens with zero attached hydrogens (tertiary/aromatic N) is 1. The monoisotopic (exact) mass is 340 g/mol. The van der Waals surface area contributed by atoms with Gasteiger partial charge in [0.1, 0.15) is 5.69 Å². The van der Waals surface area contributed by atoms with Gasteiger partial charge in [0.15, 0.2) is 11.8 Å². The molecule has 1 aliphatic heterocycles. The lowest BCUT2D eigenvalue weighted by Gasteiger charge is -2.34. The number of hydrogen-bond donors (Lipinski definition) is 2. The Bertz CT molecular complexity index is 882. The van der Waals surface area contributed by atoms with E-state index in [9.17, 15) is 19.5 Å². The number of rotatable bonds is 3. The van der Waals surface area contributed by atoms with Crippen molar-refractivity contribution in [2.45, 2.75) is 33.2 Å². The van der Waals surface area contributed by atoms with Crippen molar-refractivity contribution >= 4 is 17.7 Å². The number of hydrogen-bond acceptors (Lipinski definition) is 3. The summed E-state index contributed by atoms with van der Waals surface area (Å²) < 4.78 is 0. The number of Topliss-reactive ketones (excluding diaryl/α,β-unsaturated/α-hetero) is 1. The molecule has 0 spiro atoms. The maximum Gasteiger partial charge on any atom is 0.331 e. The number of amides is 1. The third-order valence-corrected chi connectivity index (χ3v) is 4.78. The highest BCUT2D eigenvalue weighted by molar-refractivity contribution is 6.03. The van der Waals surface area contributed by atoms with E-state index in [0.717, 1.165) is 5.56 Å². The first-order valence-electron chi connectivity index (χ1n) is 8.14. The van der Waals surface area contributed by atoms with Crippen LogP contribution in [0.3, 0.4) is 0 Å². The summed E-state index contributed by atoms with van der Waals surface area (Å²) in [6, 6.07) is 6.26. The molecule has 1 atom stereocenters. The van der Waals surface area contributed by atoms with Gasteiger partial charge in [-0.25, -0.2) is 4.79 Å². The number of carbonyl (C=O) groups is 3. The highest BCUT2D eigenvalue weighted by atomic mass is 16.4. The number of ketones is 1. The fraction of sp³-hybridized carbons (Fsp3) is 0.316. The molecule has 6 heteroatoms. The van der Waals surface area contributed by atoms with Gasteiger partial charge in [-0.3, -0.25) is 9.59 Å². The van der Waals surface area contributed by atoms with Gasteiger partial charge in [-0.1, -0.05) is 24.3 Å². The standard InChI is InChI=1S/C19H20N2O4/c1-10-15(12(3)22)11(2)20-16(10)18(23)21-9-8-13-6-4-5-7-14(13)17(21)19(24)25/h4-7,17,20H,8-9H2,1-3H3,(H,24,25). The van der Waals surface area contributed by atoms with Gasteiger partial charge in [-0.05, 0) is 43.9 Å². The van der Waals surface area contributed by atoms with Crippen molar-refractivity contribution in [3.8, 4) is 0 Å². The molecule has 25 heavy (non-hydrogen) atoms. The lowest BCUT2D eigenvalue weighted by Crippen LogP contribution is -2.43. The molecular weight excluding hydrogens is 320 g/mol. The molecule has 130 valence electrons. The smallest absolute Gasteiger partial charge is 0.331 e. The minimum absolute atomic E-state index is 0.121. The van der Waals surface area contributed by atoms with Gasteiger partial charge in [0.25, 0.3) is 5.91 Å². The summed E-state index contributed by atoms with van der Waals surface area (Å²) in [6.07, 6.45) is 0.601. The highest BCUT2D eigenvalue weighted by Gasteiger charge is 2.37. The maximum absolute atomic E-state index is 13.1. The van der Waals surface area contributed by atoms with Crippen LogP contribution in [0.2, 0.25) is 0 Å². The zero-order valence-corrected chi connectivity index (χ0v) is 14.4. The molecule has 2 aromatic rings. The van der Waals surface area contributed by atoms with E-state index in [2.05, 4.69) is 4.98 Å². The van der Waals surface area contributed by atoms with Gasteiger partial charge < -0.3 is 15.0 Å². The predicted molar refractivity (Wildman–Crippen MR) is 91.8 cm³/mol. The number of benzene rings is 1. The van der Waals surface area contributed by atoms with Gasteiger partial charge in [0.05, 0.1) is 0 Å². The molecule has 0 radical (unpaired) electrons. The van der Waals surface area contributed by atoms with Gasteiger partial charge >= 0.3 is 5.97 Å². The van der Waals surface area contributed by atoms with Crippen molar-refractivity contribution < 1.29 is 19.5 Å². The predicted octanol–water partition coefficient (Wildman–Crippen LogP) is 2.66. The molecule has 2 heterocycles. The van der Waals surface area contributed by atoms with Gasteiger partial charge in [0, 0.05) is 17.8 Å². The van der Waals surface area contributed by atoms with E-state index in [0.29, 0.717) is 35.3 Å². The Morgan fingerprint density at radius 1 is 1.20 bits per heavy atom. The van der Waals surface area contributed by atoms with Crippen molar-refractivity contribution in [2.75, 3.05) is 6.54 Å². The average Bonchev–Trinajstić information content (AvgIpc) is 2.87. The number of aromatic nitrogens is 1. The number of aliphatic carboxylic acids is 1. The van der Waals surface area contributed by atoms with Crippen LogP contribution < -0.4 is 0 Å². The number of carbonyl (C=O) groups excluding carboxylic acids is 2. The van der Waals surface area contributed by atoms with E-state index in [1.54, 1.807) is 26.0 Å². The Labute approximate surface area is 145 Å². The molecule has 1 unspecified atom stereocenters. The largest absolute Gasteiger partial charge is 0.479 e. The van der Waals surface area contributed by atoms with E-state index < -0.39 is 17.9 Å². The van der Waals surface area contributed by atoms with Crippen LogP contribution in [0.25, 0.3) is 0 Å². The van der Waals surface area contributed by atoms with Gasteiger partial charge in [-0.2, -0.15) is 0 Å². The Balaban J connectivity index is 2.04. The van der Waals surface area contributed by atoms with Crippen LogP contribution in [0, 0.1) is 13.8 Å². The molecule has 0 bridgehead atoms. The van der Waals surface area contributed by atoms with Crippen LogP contribution in [-0.4, -0.2) is 39.2 Å². The molecular formula is C19H20N2O4. The number of fused-ring (bicyclic) bond motifs is 1. The summed E-state index contributed by atoms with van der Waals surface area (Å²) >= 11 is 0. The molecule has 0 saturated carbocycles. The minimum atomic E-state index is -1.06. The van der Waals surface area contributed by atoms with Crippen molar-refractivity contribution in [3.63, 3.8) is 0 Å². The first kappa shape index (κ1) is 17.0. The second-order valence-corrected chi connectivity index (χ2v) is 6.37. The number of aryl methyl sites for hydroxylation is 1. The molecule has 3 rings (SSSR count). The zero-order chi connectivity index (χ0) is 18.3. The lowest BCUT2D eigenvalue weighted by atomic mass is 9.92. The molecule has 1 aromatic heterocycles. The van der Waals surface area contributed by atoms with E-state index in [-0.39, 0.29) is 11.5 Å². The van der Waals surface area contributed by atoms with Crippen LogP contribution in [0.4, 0.5) is 0 Å². The van der Waals surface area contributed by atoms with Crippen LogP contribution >= 0.6 is 0 Å². The molecule has 1 aliphatic rings. The molecule has 0 aliphatic carbocycles. The quantitative estimate of drug-likeness (QED) is 0.841. The number of aromatic amines is 1. The fourth-order valence-corrected chi connectivity index (χ4v) is 3.69. The van der Waals surface area contributed by atoms with E-state index in [4.69, 9.17) is 0 Å². The summed E-state index contributed by atoms with van der Waals surface area (Å²) in [7, 11) is 0. The molecule has 0 fully saturated rings. The maximum atomic E-state index is 13.1. The van der Waals surface area contributed by atoms with Crippen molar-refractivity contribution in [1.29, 1.82) is 0 Å². The highest BCUT2D eigenvalue weighted by Crippen LogP contribution is 2.32. The number of carboxylic acid groups (broad SMARTS) is 1. The SMILES string of the molecule is CC(=O)c1c(C)[nH]c(C(=O)N2CCc3ccccc3C2C(=O)O)c1C. The Kier molecular flexibility index (Phi) is 4.20. The van der Waals surface area contributed by atoms with Crippen LogP contribution in [0.5, 0.6) is 0 Å². The first-order chi connectivity index (χ1) is 11.8. The molecule has 2 N–H and O–H groups in total. The topological polar surface area (TPSA) is 90.5 Å². The number of nitrogens with one attached hydrogen (secondary N) is 1. The van der Waals surface area contributed by atoms with E-state index in [1.165, 1.54) is 11.8 Å². The fourth-order valence-electron chi connectivity index (χ4n) is 3.69.